The minimum absolute atomic E-state index is 0.159. The van der Waals surface area contributed by atoms with Gasteiger partial charge in [0.15, 0.2) is 0 Å². The molecule has 3 nitrogen and oxygen atoms in total. The summed E-state index contributed by atoms with van der Waals surface area (Å²) in [7, 11) is 0. The van der Waals surface area contributed by atoms with Gasteiger partial charge in [-0.15, -0.1) is 0 Å². The van der Waals surface area contributed by atoms with Crippen molar-refractivity contribution in [2.45, 2.75) is 95.1 Å². The highest BCUT2D eigenvalue weighted by atomic mass is 16.2. The summed E-state index contributed by atoms with van der Waals surface area (Å²) in [6.07, 6.45) is 17.0. The van der Waals surface area contributed by atoms with E-state index in [1.807, 2.05) is 0 Å². The maximum Gasteiger partial charge on any atom is 0.240 e. The second-order valence-corrected chi connectivity index (χ2v) is 10.1. The third-order valence-corrected chi connectivity index (χ3v) is 8.59. The molecule has 0 spiro atoms. The maximum absolute atomic E-state index is 13.7. The summed E-state index contributed by atoms with van der Waals surface area (Å²) in [6, 6.07) is 0.504. The fourth-order valence-corrected chi connectivity index (χ4v) is 7.59. The first kappa shape index (κ1) is 16.6. The van der Waals surface area contributed by atoms with E-state index in [-0.39, 0.29) is 5.54 Å². The molecular weight excluding hydrogens is 308 g/mol. The normalized spacial score (nSPS) is 43.1. The third-order valence-electron chi connectivity index (χ3n) is 8.59. The topological polar surface area (TPSA) is 32.3 Å². The Balaban J connectivity index is 1.34. The number of carbonyl (C=O) groups excluding carboxylic acids is 1. The molecule has 6 rings (SSSR count). The highest BCUT2D eigenvalue weighted by molar-refractivity contribution is 5.86. The molecule has 4 bridgehead atoms. The molecule has 0 aromatic rings. The molecule has 6 aliphatic rings. The molecule has 25 heavy (non-hydrogen) atoms. The van der Waals surface area contributed by atoms with Gasteiger partial charge in [-0.3, -0.25) is 9.69 Å². The molecule has 0 atom stereocenters. The van der Waals surface area contributed by atoms with Crippen LogP contribution in [0.3, 0.4) is 0 Å². The van der Waals surface area contributed by atoms with Crippen LogP contribution in [0, 0.1) is 23.7 Å². The van der Waals surface area contributed by atoms with E-state index in [1.165, 1.54) is 70.6 Å². The fourth-order valence-electron chi connectivity index (χ4n) is 7.59. The predicted molar refractivity (Wildman–Crippen MR) is 100 cm³/mol. The highest BCUT2D eigenvalue weighted by Crippen LogP contribution is 2.54. The summed E-state index contributed by atoms with van der Waals surface area (Å²) in [6.45, 7) is 2.30. The van der Waals surface area contributed by atoms with Gasteiger partial charge in [-0.1, -0.05) is 25.7 Å². The van der Waals surface area contributed by atoms with Crippen LogP contribution in [-0.2, 0) is 4.79 Å². The second kappa shape index (κ2) is 6.55. The van der Waals surface area contributed by atoms with Crippen LogP contribution < -0.4 is 5.32 Å². The molecule has 0 aromatic heterocycles. The Labute approximate surface area is 153 Å². The number of likely N-dealkylation sites (tertiary alicyclic amines) is 1. The summed E-state index contributed by atoms with van der Waals surface area (Å²) in [5.41, 5.74) is -0.159. The molecule has 140 valence electrons. The van der Waals surface area contributed by atoms with E-state index < -0.39 is 0 Å². The zero-order valence-corrected chi connectivity index (χ0v) is 15.8. The van der Waals surface area contributed by atoms with E-state index in [2.05, 4.69) is 10.2 Å². The third kappa shape index (κ3) is 2.85. The van der Waals surface area contributed by atoms with Gasteiger partial charge < -0.3 is 5.32 Å². The molecule has 0 unspecified atom stereocenters. The summed E-state index contributed by atoms with van der Waals surface area (Å²) in [5.74, 6) is 3.98. The van der Waals surface area contributed by atoms with Crippen molar-refractivity contribution >= 4 is 5.91 Å². The lowest BCUT2D eigenvalue weighted by Crippen LogP contribution is -2.65. The number of piperidine rings is 1. The molecule has 0 radical (unpaired) electrons. The van der Waals surface area contributed by atoms with Gasteiger partial charge in [0.1, 0.15) is 5.54 Å². The minimum atomic E-state index is -0.159. The predicted octanol–water partition coefficient (Wildman–Crippen LogP) is 4.12. The number of carbonyl (C=O) groups is 1. The van der Waals surface area contributed by atoms with Crippen LogP contribution in [0.15, 0.2) is 0 Å². The summed E-state index contributed by atoms with van der Waals surface area (Å²) < 4.78 is 0. The smallest absolute Gasteiger partial charge is 0.240 e. The number of hydrogen-bond donors (Lipinski definition) is 1. The average Bonchev–Trinajstić information content (AvgIpc) is 2.65. The van der Waals surface area contributed by atoms with Gasteiger partial charge in [0.25, 0.3) is 0 Å². The van der Waals surface area contributed by atoms with Crippen LogP contribution >= 0.6 is 0 Å². The average molecular weight is 345 g/mol. The largest absolute Gasteiger partial charge is 0.351 e. The molecule has 1 aliphatic heterocycles. The molecule has 5 saturated carbocycles. The number of nitrogens with one attached hydrogen (secondary N) is 1. The van der Waals surface area contributed by atoms with Crippen LogP contribution in [0.5, 0.6) is 0 Å². The minimum Gasteiger partial charge on any atom is -0.351 e. The second-order valence-electron chi connectivity index (χ2n) is 10.1. The van der Waals surface area contributed by atoms with Crippen LogP contribution in [0.1, 0.15) is 83.5 Å². The summed E-state index contributed by atoms with van der Waals surface area (Å²) >= 11 is 0. The van der Waals surface area contributed by atoms with Gasteiger partial charge >= 0.3 is 0 Å². The van der Waals surface area contributed by atoms with Gasteiger partial charge in [0.05, 0.1) is 0 Å². The van der Waals surface area contributed by atoms with Crippen LogP contribution in [0.4, 0.5) is 0 Å². The zero-order chi connectivity index (χ0) is 16.9. The molecule has 1 heterocycles. The highest BCUT2D eigenvalue weighted by Gasteiger charge is 2.51. The molecule has 1 N–H and O–H groups in total. The zero-order valence-electron chi connectivity index (χ0n) is 15.8. The Hall–Kier alpha value is -0.570. The number of rotatable bonds is 3. The Kier molecular flexibility index (Phi) is 4.35. The van der Waals surface area contributed by atoms with Crippen LogP contribution in [-0.4, -0.2) is 35.5 Å². The van der Waals surface area contributed by atoms with Gasteiger partial charge in [0.2, 0.25) is 5.91 Å². The maximum atomic E-state index is 13.7. The molecule has 5 aliphatic carbocycles. The van der Waals surface area contributed by atoms with E-state index >= 15 is 0 Å². The summed E-state index contributed by atoms with van der Waals surface area (Å²) in [4.78, 5) is 16.3. The van der Waals surface area contributed by atoms with Gasteiger partial charge in [0, 0.05) is 6.04 Å². The molecule has 0 aromatic carbocycles. The Morgan fingerprint density at radius 1 is 0.760 bits per heavy atom. The SMILES string of the molecule is O=C(NC1C2CC3CC(C2)CC1C3)C1(N2CCCCC2)CCCCC1. The monoisotopic (exact) mass is 344 g/mol. The summed E-state index contributed by atoms with van der Waals surface area (Å²) in [5, 5.41) is 3.69. The van der Waals surface area contributed by atoms with Crippen LogP contribution in [0.25, 0.3) is 0 Å². The van der Waals surface area contributed by atoms with E-state index in [0.29, 0.717) is 11.9 Å². The van der Waals surface area contributed by atoms with Gasteiger partial charge in [-0.2, -0.15) is 0 Å². The van der Waals surface area contributed by atoms with Crippen molar-refractivity contribution in [1.82, 2.24) is 10.2 Å². The van der Waals surface area contributed by atoms with Crippen molar-refractivity contribution < 1.29 is 4.79 Å². The van der Waals surface area contributed by atoms with E-state index in [9.17, 15) is 4.79 Å². The Morgan fingerprint density at radius 2 is 1.32 bits per heavy atom. The van der Waals surface area contributed by atoms with Gasteiger partial charge in [-0.05, 0) is 94.5 Å². The molecular formula is C22H36N2O. The van der Waals surface area contributed by atoms with Crippen LogP contribution in [0.2, 0.25) is 0 Å². The Morgan fingerprint density at radius 3 is 1.92 bits per heavy atom. The van der Waals surface area contributed by atoms with E-state index in [1.54, 1.807) is 0 Å². The number of amides is 1. The van der Waals surface area contributed by atoms with Crippen molar-refractivity contribution in [3.63, 3.8) is 0 Å². The molecule has 3 heteroatoms. The molecule has 1 saturated heterocycles. The first-order valence-electron chi connectivity index (χ1n) is 11.3. The quantitative estimate of drug-likeness (QED) is 0.835. The molecule has 1 amide bonds. The van der Waals surface area contributed by atoms with Crippen molar-refractivity contribution in [2.75, 3.05) is 13.1 Å². The van der Waals surface area contributed by atoms with Gasteiger partial charge in [-0.25, -0.2) is 0 Å². The number of hydrogen-bond acceptors (Lipinski definition) is 2. The van der Waals surface area contributed by atoms with E-state index in [0.717, 1.165) is 49.6 Å². The van der Waals surface area contributed by atoms with Crippen molar-refractivity contribution in [2.24, 2.45) is 23.7 Å². The fraction of sp³-hybridized carbons (Fsp3) is 0.955. The molecule has 6 fully saturated rings. The first-order valence-corrected chi connectivity index (χ1v) is 11.3. The lowest BCUT2D eigenvalue weighted by molar-refractivity contribution is -0.141. The van der Waals surface area contributed by atoms with Crippen molar-refractivity contribution in [3.8, 4) is 0 Å². The Bertz CT molecular complexity index is 476. The first-order chi connectivity index (χ1) is 12.2. The lowest BCUT2D eigenvalue weighted by atomic mass is 9.54. The van der Waals surface area contributed by atoms with E-state index in [4.69, 9.17) is 0 Å². The van der Waals surface area contributed by atoms with Crippen molar-refractivity contribution in [1.29, 1.82) is 0 Å². The standard InChI is InChI=1S/C22H36N2O/c25-21(22(7-3-1-4-8-22)24-9-5-2-6-10-24)23-20-18-12-16-11-17(14-18)15-19(20)13-16/h16-20H,1-15H2,(H,23,25). The lowest BCUT2D eigenvalue weighted by Gasteiger charge is -2.55. The van der Waals surface area contributed by atoms with Crippen molar-refractivity contribution in [3.05, 3.63) is 0 Å². The number of nitrogens with zero attached hydrogens (tertiary/aromatic N) is 1.